The number of hydrogen-bond donors (Lipinski definition) is 2. The highest BCUT2D eigenvalue weighted by Gasteiger charge is 2.27. The number of pyridine rings is 1. The van der Waals surface area contributed by atoms with Gasteiger partial charge in [-0.3, -0.25) is 14.4 Å². The lowest BCUT2D eigenvalue weighted by Gasteiger charge is -2.20. The molecule has 3 aromatic rings. The molecule has 0 aliphatic heterocycles. The van der Waals surface area contributed by atoms with Crippen LogP contribution < -0.4 is 15.0 Å². The average molecular weight is 496 g/mol. The largest absolute Gasteiger partial charge is 0.507 e. The quantitative estimate of drug-likeness (QED) is 0.389. The Balaban J connectivity index is 1.84. The van der Waals surface area contributed by atoms with Crippen molar-refractivity contribution in [3.63, 3.8) is 0 Å². The topological polar surface area (TPSA) is 124 Å². The third kappa shape index (κ3) is 6.44. The van der Waals surface area contributed by atoms with Crippen LogP contribution in [0.1, 0.15) is 34.7 Å². The van der Waals surface area contributed by atoms with Gasteiger partial charge in [-0.05, 0) is 48.4 Å². The van der Waals surface area contributed by atoms with E-state index in [1.165, 1.54) is 20.1 Å². The Hall–Kier alpha value is -4.27. The Bertz CT molecular complexity index is 1260. The van der Waals surface area contributed by atoms with Crippen molar-refractivity contribution in [3.8, 4) is 17.2 Å². The zero-order valence-electron chi connectivity index (χ0n) is 20.4. The maximum atomic E-state index is 13.2. The van der Waals surface area contributed by atoms with Gasteiger partial charge in [-0.1, -0.05) is 24.3 Å². The van der Waals surface area contributed by atoms with Crippen LogP contribution in [0.2, 0.25) is 0 Å². The molecule has 0 saturated carbocycles. The highest BCUT2D eigenvalue weighted by molar-refractivity contribution is 5.72. The summed E-state index contributed by atoms with van der Waals surface area (Å²) in [4.78, 5) is 36.6. The molecule has 9 heteroatoms. The van der Waals surface area contributed by atoms with Gasteiger partial charge in [-0.2, -0.15) is 0 Å². The summed E-state index contributed by atoms with van der Waals surface area (Å²) in [5.41, 5.74) is 1.21. The number of carbonyl (C=O) groups is 2. The summed E-state index contributed by atoms with van der Waals surface area (Å²) in [6.45, 7) is 1.40. The fourth-order valence-electron chi connectivity index (χ4n) is 3.94. The summed E-state index contributed by atoms with van der Waals surface area (Å²) < 4.78 is 16.8. The molecule has 3 rings (SSSR count). The first-order valence-corrected chi connectivity index (χ1v) is 11.3. The SMILES string of the molecule is COC(=O)C[C@H](c1ccc(OCCc2ccc(OC)cc2)cc1)c1c(O)cc(C)n(CC(=O)O)c1=O. The molecule has 0 aliphatic carbocycles. The Morgan fingerprint density at radius 1 is 1.00 bits per heavy atom. The van der Waals surface area contributed by atoms with E-state index in [4.69, 9.17) is 14.2 Å². The Kier molecular flexibility index (Phi) is 8.72. The Morgan fingerprint density at radius 3 is 2.22 bits per heavy atom. The summed E-state index contributed by atoms with van der Waals surface area (Å²) >= 11 is 0. The zero-order chi connectivity index (χ0) is 26.2. The number of benzene rings is 2. The molecule has 1 aromatic heterocycles. The second-order valence-electron chi connectivity index (χ2n) is 8.22. The molecule has 2 N–H and O–H groups in total. The molecule has 0 saturated heterocycles. The second kappa shape index (κ2) is 11.9. The van der Waals surface area contributed by atoms with Crippen LogP contribution in [0.3, 0.4) is 0 Å². The van der Waals surface area contributed by atoms with Crippen molar-refractivity contribution in [2.45, 2.75) is 32.2 Å². The Labute approximate surface area is 208 Å². The van der Waals surface area contributed by atoms with Gasteiger partial charge in [0.1, 0.15) is 23.8 Å². The number of esters is 1. The number of aryl methyl sites for hydroxylation is 1. The molecule has 1 heterocycles. The van der Waals surface area contributed by atoms with Crippen LogP contribution in [0.15, 0.2) is 59.4 Å². The van der Waals surface area contributed by atoms with Gasteiger partial charge in [0.2, 0.25) is 0 Å². The van der Waals surface area contributed by atoms with Crippen molar-refractivity contribution >= 4 is 11.9 Å². The molecule has 0 aliphatic rings. The second-order valence-corrected chi connectivity index (χ2v) is 8.22. The average Bonchev–Trinajstić information content (AvgIpc) is 2.86. The predicted molar refractivity (Wildman–Crippen MR) is 132 cm³/mol. The summed E-state index contributed by atoms with van der Waals surface area (Å²) in [7, 11) is 2.85. The molecule has 36 heavy (non-hydrogen) atoms. The number of hydrogen-bond acceptors (Lipinski definition) is 7. The van der Waals surface area contributed by atoms with Gasteiger partial charge in [0.25, 0.3) is 5.56 Å². The minimum absolute atomic E-state index is 0.0691. The summed E-state index contributed by atoms with van der Waals surface area (Å²) in [5, 5.41) is 19.8. The van der Waals surface area contributed by atoms with Crippen LogP contribution in [-0.2, 0) is 27.3 Å². The van der Waals surface area contributed by atoms with Crippen molar-refractivity contribution in [3.05, 3.63) is 87.3 Å². The van der Waals surface area contributed by atoms with Crippen molar-refractivity contribution in [1.29, 1.82) is 0 Å². The molecule has 0 fully saturated rings. The van der Waals surface area contributed by atoms with E-state index in [0.717, 1.165) is 15.9 Å². The van der Waals surface area contributed by atoms with Crippen LogP contribution in [0, 0.1) is 6.92 Å². The molecule has 0 radical (unpaired) electrons. The molecule has 0 amide bonds. The van der Waals surface area contributed by atoms with Gasteiger partial charge in [-0.25, -0.2) is 0 Å². The normalized spacial score (nSPS) is 11.5. The number of ether oxygens (including phenoxy) is 3. The van der Waals surface area contributed by atoms with Gasteiger partial charge in [-0.15, -0.1) is 0 Å². The van der Waals surface area contributed by atoms with Gasteiger partial charge >= 0.3 is 11.9 Å². The van der Waals surface area contributed by atoms with Gasteiger partial charge in [0.05, 0.1) is 32.8 Å². The fraction of sp³-hybridized carbons (Fsp3) is 0.296. The maximum absolute atomic E-state index is 13.2. The number of rotatable bonds is 11. The lowest BCUT2D eigenvalue weighted by atomic mass is 9.88. The molecular weight excluding hydrogens is 466 g/mol. The zero-order valence-corrected chi connectivity index (χ0v) is 20.4. The van der Waals surface area contributed by atoms with E-state index in [9.17, 15) is 24.6 Å². The van der Waals surface area contributed by atoms with Gasteiger partial charge < -0.3 is 29.0 Å². The number of nitrogens with zero attached hydrogens (tertiary/aromatic N) is 1. The van der Waals surface area contributed by atoms with Crippen LogP contribution in [-0.4, -0.2) is 47.5 Å². The number of methoxy groups -OCH3 is 2. The van der Waals surface area contributed by atoms with Crippen LogP contribution in [0.4, 0.5) is 0 Å². The van der Waals surface area contributed by atoms with Crippen LogP contribution >= 0.6 is 0 Å². The molecule has 0 spiro atoms. The molecule has 1 atom stereocenters. The minimum Gasteiger partial charge on any atom is -0.507 e. The third-order valence-electron chi connectivity index (χ3n) is 5.86. The number of carboxylic acids is 1. The minimum atomic E-state index is -1.20. The monoisotopic (exact) mass is 495 g/mol. The smallest absolute Gasteiger partial charge is 0.323 e. The van der Waals surface area contributed by atoms with Gasteiger partial charge in [0, 0.05) is 18.0 Å². The van der Waals surface area contributed by atoms with E-state index in [-0.39, 0.29) is 17.7 Å². The van der Waals surface area contributed by atoms with E-state index in [1.54, 1.807) is 31.4 Å². The van der Waals surface area contributed by atoms with Crippen LogP contribution in [0.25, 0.3) is 0 Å². The first-order valence-electron chi connectivity index (χ1n) is 11.3. The number of aromatic hydroxyl groups is 1. The summed E-state index contributed by atoms with van der Waals surface area (Å²) in [6, 6.07) is 15.9. The molecule has 190 valence electrons. The molecule has 2 aromatic carbocycles. The number of carboxylic acid groups (broad SMARTS) is 1. The molecule has 9 nitrogen and oxygen atoms in total. The highest BCUT2D eigenvalue weighted by Crippen LogP contribution is 2.33. The standard InChI is InChI=1S/C27H29NO8/c1-17-14-23(29)26(27(33)28(17)16-24(30)31)22(15-25(32)35-3)19-6-10-21(11-7-19)36-13-12-18-4-8-20(34-2)9-5-18/h4-11,14,22,29H,12-13,15-16H2,1-3H3,(H,30,31)/t22-/m1/s1. The lowest BCUT2D eigenvalue weighted by Crippen LogP contribution is -2.30. The summed E-state index contributed by atoms with van der Waals surface area (Å²) in [6.07, 6.45) is 0.476. The number of aromatic nitrogens is 1. The fourth-order valence-corrected chi connectivity index (χ4v) is 3.94. The highest BCUT2D eigenvalue weighted by atomic mass is 16.5. The van der Waals surface area contributed by atoms with E-state index in [1.807, 2.05) is 24.3 Å². The first-order chi connectivity index (χ1) is 17.2. The van der Waals surface area contributed by atoms with E-state index in [2.05, 4.69) is 0 Å². The maximum Gasteiger partial charge on any atom is 0.323 e. The van der Waals surface area contributed by atoms with Crippen molar-refractivity contribution in [2.24, 2.45) is 0 Å². The first kappa shape index (κ1) is 26.3. The van der Waals surface area contributed by atoms with E-state index < -0.39 is 30.0 Å². The lowest BCUT2D eigenvalue weighted by molar-refractivity contribution is -0.141. The predicted octanol–water partition coefficient (Wildman–Crippen LogP) is 3.27. The molecule has 0 bridgehead atoms. The van der Waals surface area contributed by atoms with E-state index >= 15 is 0 Å². The molecular formula is C27H29NO8. The van der Waals surface area contributed by atoms with Crippen molar-refractivity contribution < 1.29 is 34.0 Å². The summed E-state index contributed by atoms with van der Waals surface area (Å²) in [5.74, 6) is -1.56. The van der Waals surface area contributed by atoms with Crippen LogP contribution in [0.5, 0.6) is 17.2 Å². The number of aliphatic carboxylic acids is 1. The molecule has 0 unspecified atom stereocenters. The van der Waals surface area contributed by atoms with Crippen molar-refractivity contribution in [1.82, 2.24) is 4.57 Å². The number of carbonyl (C=O) groups excluding carboxylic acids is 1. The van der Waals surface area contributed by atoms with E-state index in [0.29, 0.717) is 30.0 Å². The Morgan fingerprint density at radius 2 is 1.64 bits per heavy atom. The van der Waals surface area contributed by atoms with Gasteiger partial charge in [0.15, 0.2) is 0 Å². The van der Waals surface area contributed by atoms with Crippen molar-refractivity contribution in [2.75, 3.05) is 20.8 Å². The third-order valence-corrected chi connectivity index (χ3v) is 5.86.